The highest BCUT2D eigenvalue weighted by Gasteiger charge is 2.62. The molecule has 2 aliphatic rings. The summed E-state index contributed by atoms with van der Waals surface area (Å²) in [5.74, 6) is -0.253. The number of fused-ring (bicyclic) bond motifs is 1. The van der Waals surface area contributed by atoms with E-state index >= 15 is 0 Å². The Bertz CT molecular complexity index is 204. The van der Waals surface area contributed by atoms with Gasteiger partial charge < -0.3 is 10.4 Å². The average molecular weight is 155 g/mol. The van der Waals surface area contributed by atoms with Crippen LogP contribution in [0.25, 0.3) is 0 Å². The molecule has 3 atom stereocenters. The molecule has 0 aromatic rings. The first-order chi connectivity index (χ1) is 5.19. The van der Waals surface area contributed by atoms with Gasteiger partial charge in [0.2, 0.25) is 0 Å². The van der Waals surface area contributed by atoms with E-state index in [1.807, 2.05) is 7.05 Å². The van der Waals surface area contributed by atoms with Crippen LogP contribution in [0.1, 0.15) is 19.3 Å². The number of rotatable bonds is 2. The standard InChI is InChI=1S/C8H13NO2/c1-9-8-3-2-5(7(10)11)6(8)4-8/h5-6,9H,2-4H2,1H3,(H,10,11)/t5-,6?,8+/m0/s1. The van der Waals surface area contributed by atoms with Crippen LogP contribution in [0.2, 0.25) is 0 Å². The van der Waals surface area contributed by atoms with Crippen molar-refractivity contribution in [2.24, 2.45) is 11.8 Å². The third-order valence-corrected chi connectivity index (χ3v) is 3.34. The molecule has 2 N–H and O–H groups in total. The van der Waals surface area contributed by atoms with Crippen LogP contribution in [0.4, 0.5) is 0 Å². The number of carboxylic acids is 1. The Balaban J connectivity index is 2.07. The Hall–Kier alpha value is -0.570. The maximum Gasteiger partial charge on any atom is 0.306 e. The molecule has 0 aromatic heterocycles. The average Bonchev–Trinajstić information content (AvgIpc) is 2.58. The highest BCUT2D eigenvalue weighted by atomic mass is 16.4. The third kappa shape index (κ3) is 0.805. The Morgan fingerprint density at radius 3 is 2.73 bits per heavy atom. The fraction of sp³-hybridized carbons (Fsp3) is 0.875. The fourth-order valence-electron chi connectivity index (χ4n) is 2.47. The summed E-state index contributed by atoms with van der Waals surface area (Å²) in [5.41, 5.74) is 0.225. The number of aliphatic carboxylic acids is 1. The van der Waals surface area contributed by atoms with E-state index in [9.17, 15) is 4.79 Å². The number of nitrogens with one attached hydrogen (secondary N) is 1. The molecule has 62 valence electrons. The van der Waals surface area contributed by atoms with Crippen molar-refractivity contribution >= 4 is 5.97 Å². The summed E-state index contributed by atoms with van der Waals surface area (Å²) in [7, 11) is 1.93. The van der Waals surface area contributed by atoms with Crippen LogP contribution in [0.3, 0.4) is 0 Å². The summed E-state index contributed by atoms with van der Waals surface area (Å²) in [4.78, 5) is 10.7. The van der Waals surface area contributed by atoms with E-state index in [0.717, 1.165) is 19.3 Å². The predicted octanol–water partition coefficient (Wildman–Crippen LogP) is 0.459. The molecule has 0 aromatic carbocycles. The minimum Gasteiger partial charge on any atom is -0.481 e. The van der Waals surface area contributed by atoms with Gasteiger partial charge in [-0.05, 0) is 32.2 Å². The minimum atomic E-state index is -0.607. The van der Waals surface area contributed by atoms with Crippen LogP contribution in [0, 0.1) is 11.8 Å². The summed E-state index contributed by atoms with van der Waals surface area (Å²) >= 11 is 0. The number of hydrogen-bond donors (Lipinski definition) is 2. The molecule has 0 spiro atoms. The van der Waals surface area contributed by atoms with Crippen molar-refractivity contribution in [1.29, 1.82) is 0 Å². The Labute approximate surface area is 65.8 Å². The van der Waals surface area contributed by atoms with Crippen molar-refractivity contribution < 1.29 is 9.90 Å². The first-order valence-corrected chi connectivity index (χ1v) is 4.11. The Kier molecular flexibility index (Phi) is 1.27. The van der Waals surface area contributed by atoms with Crippen LogP contribution >= 0.6 is 0 Å². The zero-order valence-corrected chi connectivity index (χ0v) is 6.63. The lowest BCUT2D eigenvalue weighted by molar-refractivity contribution is -0.142. The van der Waals surface area contributed by atoms with Gasteiger partial charge in [-0.25, -0.2) is 0 Å². The van der Waals surface area contributed by atoms with Crippen LogP contribution < -0.4 is 5.32 Å². The number of hydrogen-bond acceptors (Lipinski definition) is 2. The third-order valence-electron chi connectivity index (χ3n) is 3.34. The van der Waals surface area contributed by atoms with E-state index < -0.39 is 5.97 Å². The molecule has 0 radical (unpaired) electrons. The molecule has 2 aliphatic carbocycles. The molecule has 3 heteroatoms. The number of carbonyl (C=O) groups is 1. The van der Waals surface area contributed by atoms with Gasteiger partial charge in [-0.1, -0.05) is 0 Å². The molecule has 0 bridgehead atoms. The normalized spacial score (nSPS) is 47.0. The van der Waals surface area contributed by atoms with E-state index in [1.54, 1.807) is 0 Å². The van der Waals surface area contributed by atoms with Crippen LogP contribution in [0.15, 0.2) is 0 Å². The van der Waals surface area contributed by atoms with Crippen molar-refractivity contribution in [2.45, 2.75) is 24.8 Å². The van der Waals surface area contributed by atoms with Gasteiger partial charge in [-0.2, -0.15) is 0 Å². The summed E-state index contributed by atoms with van der Waals surface area (Å²) in [5, 5.41) is 12.0. The van der Waals surface area contributed by atoms with E-state index in [0.29, 0.717) is 5.92 Å². The molecule has 2 rings (SSSR count). The van der Waals surface area contributed by atoms with E-state index in [1.165, 1.54) is 0 Å². The molecule has 2 fully saturated rings. The highest BCUT2D eigenvalue weighted by Crippen LogP contribution is 2.58. The van der Waals surface area contributed by atoms with Gasteiger partial charge in [0.1, 0.15) is 0 Å². The largest absolute Gasteiger partial charge is 0.481 e. The first kappa shape index (κ1) is 7.10. The van der Waals surface area contributed by atoms with Gasteiger partial charge in [-0.15, -0.1) is 0 Å². The summed E-state index contributed by atoms with van der Waals surface area (Å²) in [6.07, 6.45) is 2.98. The number of carboxylic acid groups (broad SMARTS) is 1. The summed E-state index contributed by atoms with van der Waals surface area (Å²) < 4.78 is 0. The van der Waals surface area contributed by atoms with E-state index in [2.05, 4.69) is 5.32 Å². The molecule has 3 nitrogen and oxygen atoms in total. The van der Waals surface area contributed by atoms with Crippen molar-refractivity contribution in [3.8, 4) is 0 Å². The monoisotopic (exact) mass is 155 g/mol. The summed E-state index contributed by atoms with van der Waals surface area (Å²) in [6, 6.07) is 0. The van der Waals surface area contributed by atoms with Crippen LogP contribution in [-0.2, 0) is 4.79 Å². The van der Waals surface area contributed by atoms with Crippen molar-refractivity contribution in [2.75, 3.05) is 7.05 Å². The smallest absolute Gasteiger partial charge is 0.306 e. The van der Waals surface area contributed by atoms with Gasteiger partial charge in [0.05, 0.1) is 5.92 Å². The maximum absolute atomic E-state index is 10.7. The topological polar surface area (TPSA) is 49.3 Å². The second kappa shape index (κ2) is 1.97. The zero-order chi connectivity index (χ0) is 8.06. The molecule has 2 saturated carbocycles. The zero-order valence-electron chi connectivity index (χ0n) is 6.63. The quantitative estimate of drug-likeness (QED) is 0.609. The van der Waals surface area contributed by atoms with Gasteiger partial charge in [0.25, 0.3) is 0 Å². The lowest BCUT2D eigenvalue weighted by atomic mass is 10.0. The van der Waals surface area contributed by atoms with Gasteiger partial charge in [0, 0.05) is 5.54 Å². The van der Waals surface area contributed by atoms with Crippen LogP contribution in [-0.4, -0.2) is 23.7 Å². The Morgan fingerprint density at radius 2 is 2.45 bits per heavy atom. The van der Waals surface area contributed by atoms with Gasteiger partial charge in [-0.3, -0.25) is 4.79 Å². The van der Waals surface area contributed by atoms with Crippen molar-refractivity contribution in [3.05, 3.63) is 0 Å². The van der Waals surface area contributed by atoms with Crippen molar-refractivity contribution in [3.63, 3.8) is 0 Å². The second-order valence-electron chi connectivity index (χ2n) is 3.70. The van der Waals surface area contributed by atoms with Gasteiger partial charge in [0.15, 0.2) is 0 Å². The molecule has 0 aliphatic heterocycles. The Morgan fingerprint density at radius 1 is 1.73 bits per heavy atom. The van der Waals surface area contributed by atoms with E-state index in [-0.39, 0.29) is 11.5 Å². The molecule has 0 amide bonds. The van der Waals surface area contributed by atoms with Gasteiger partial charge >= 0.3 is 5.97 Å². The molecule has 0 saturated heterocycles. The second-order valence-corrected chi connectivity index (χ2v) is 3.70. The van der Waals surface area contributed by atoms with Crippen molar-refractivity contribution in [1.82, 2.24) is 5.32 Å². The fourth-order valence-corrected chi connectivity index (χ4v) is 2.47. The lowest BCUT2D eigenvalue weighted by Gasteiger charge is -2.07. The predicted molar refractivity (Wildman–Crippen MR) is 40.3 cm³/mol. The summed E-state index contributed by atoms with van der Waals surface area (Å²) in [6.45, 7) is 0. The molecule has 1 unspecified atom stereocenters. The molecule has 11 heavy (non-hydrogen) atoms. The maximum atomic E-state index is 10.7. The molecule has 0 heterocycles. The van der Waals surface area contributed by atoms with Crippen LogP contribution in [0.5, 0.6) is 0 Å². The SMILES string of the molecule is CN[C@@]12CC[C@H](C(=O)O)C1C2. The molecular formula is C8H13NO2. The van der Waals surface area contributed by atoms with E-state index in [4.69, 9.17) is 5.11 Å². The minimum absolute atomic E-state index is 0.0672. The molecular weight excluding hydrogens is 142 g/mol. The lowest BCUT2D eigenvalue weighted by Crippen LogP contribution is -2.27. The highest BCUT2D eigenvalue weighted by molar-refractivity contribution is 5.72. The first-order valence-electron chi connectivity index (χ1n) is 4.11.